The van der Waals surface area contributed by atoms with Crippen molar-refractivity contribution in [3.8, 4) is 5.75 Å². The van der Waals surface area contributed by atoms with Crippen molar-refractivity contribution in [3.63, 3.8) is 0 Å². The Morgan fingerprint density at radius 2 is 1.81 bits per heavy atom. The Hall–Kier alpha value is -1.90. The molecule has 0 spiro atoms. The molecule has 0 aliphatic rings. The molecule has 0 aliphatic heterocycles. The van der Waals surface area contributed by atoms with Gasteiger partial charge in [-0.3, -0.25) is 10.1 Å². The van der Waals surface area contributed by atoms with Gasteiger partial charge < -0.3 is 12.5 Å². The molecule has 0 unspecified atom stereocenters. The van der Waals surface area contributed by atoms with Gasteiger partial charge in [-0.25, -0.2) is 4.98 Å². The first-order valence-electron chi connectivity index (χ1n) is 5.10. The van der Waals surface area contributed by atoms with Crippen LogP contribution < -0.4 is 0 Å². The van der Waals surface area contributed by atoms with Crippen molar-refractivity contribution in [1.82, 2.24) is 4.98 Å². The standard InChI is InChI=1S/C11H8N4O3.CH3.ClH.Os/c16-10-5-6-12-11(7-10)14-13-8-1-3-9(4-2-8)15(17)18;;;/h1-7H,(H,12,16);1H3;1H;/q;-1;;+1/p-1. The molecule has 0 bridgehead atoms. The molecule has 1 heterocycles. The molecule has 7 nitrogen and oxygen atoms in total. The number of aromatic nitrogens is 1. The van der Waals surface area contributed by atoms with E-state index in [0.29, 0.717) is 5.69 Å². The third kappa shape index (κ3) is 6.39. The van der Waals surface area contributed by atoms with Crippen LogP contribution in [-0.2, 0) is 17.6 Å². The molecule has 0 saturated carbocycles. The summed E-state index contributed by atoms with van der Waals surface area (Å²) in [6.07, 6.45) is 1.40. The van der Waals surface area contributed by atoms with E-state index >= 15 is 0 Å². The van der Waals surface area contributed by atoms with Gasteiger partial charge >= 0.3 is 27.2 Å². The first-order valence-corrected chi connectivity index (χ1v) is 8.24. The topological polar surface area (TPSA) is 101 Å². The number of non-ortho nitro benzene ring substituents is 1. The maximum atomic E-state index is 10.4. The second kappa shape index (κ2) is 9.92. The van der Waals surface area contributed by atoms with Gasteiger partial charge in [-0.15, -0.1) is 10.2 Å². The Labute approximate surface area is 135 Å². The van der Waals surface area contributed by atoms with Crippen LogP contribution in [-0.4, -0.2) is 15.0 Å². The van der Waals surface area contributed by atoms with Crippen molar-refractivity contribution < 1.29 is 27.6 Å². The van der Waals surface area contributed by atoms with Gasteiger partial charge in [0.05, 0.1) is 10.6 Å². The molecular weight excluding hydrogens is 474 g/mol. The Morgan fingerprint density at radius 1 is 1.19 bits per heavy atom. The average molecular weight is 485 g/mol. The van der Waals surface area contributed by atoms with Crippen molar-refractivity contribution in [2.75, 3.05) is 0 Å². The monoisotopic (exact) mass is 486 g/mol. The van der Waals surface area contributed by atoms with E-state index in [1.807, 2.05) is 0 Å². The van der Waals surface area contributed by atoms with Gasteiger partial charge in [-0.2, -0.15) is 0 Å². The molecule has 1 N–H and O–H groups in total. The number of nitrogens with zero attached hydrogens (tertiary/aromatic N) is 4. The molecule has 1 aromatic heterocycles. The number of hydrogen-bond donors (Lipinski definition) is 1. The van der Waals surface area contributed by atoms with Gasteiger partial charge in [0.25, 0.3) is 5.69 Å². The Balaban J connectivity index is 0.00000128. The van der Waals surface area contributed by atoms with E-state index in [-0.39, 0.29) is 24.7 Å². The van der Waals surface area contributed by atoms with Crippen LogP contribution in [0.4, 0.5) is 17.2 Å². The number of nitro groups is 1. The molecule has 1 aromatic carbocycles. The molecule has 0 fully saturated rings. The SMILES string of the molecule is O=[N+]([O-])c1ccc(N=Nc2cc(O)ccn2)cc1.[CH3-].[Cl][Os]. The summed E-state index contributed by atoms with van der Waals surface area (Å²) in [5, 5.41) is 27.3. The van der Waals surface area contributed by atoms with Gasteiger partial charge in [0.1, 0.15) is 5.75 Å². The van der Waals surface area contributed by atoms with Crippen LogP contribution in [0.3, 0.4) is 0 Å². The van der Waals surface area contributed by atoms with E-state index in [1.54, 1.807) is 0 Å². The van der Waals surface area contributed by atoms with Crippen molar-refractivity contribution in [3.05, 3.63) is 60.1 Å². The quantitative estimate of drug-likeness (QED) is 0.304. The molecule has 0 radical (unpaired) electrons. The van der Waals surface area contributed by atoms with Gasteiger partial charge in [0, 0.05) is 24.4 Å². The Morgan fingerprint density at radius 3 is 2.33 bits per heavy atom. The molecule has 2 rings (SSSR count). The van der Waals surface area contributed by atoms with Gasteiger partial charge in [-0.05, 0) is 18.2 Å². The number of pyridine rings is 1. The van der Waals surface area contributed by atoms with E-state index in [0.717, 1.165) is 0 Å². The number of azo groups is 1. The molecule has 113 valence electrons. The number of hydrogen-bond acceptors (Lipinski definition) is 6. The van der Waals surface area contributed by atoms with Crippen LogP contribution in [0.15, 0.2) is 52.8 Å². The summed E-state index contributed by atoms with van der Waals surface area (Å²) in [7, 11) is 4.67. The van der Waals surface area contributed by atoms with Crippen LogP contribution in [0.1, 0.15) is 0 Å². The van der Waals surface area contributed by atoms with Crippen molar-refractivity contribution in [2.45, 2.75) is 0 Å². The molecular formula is C12H11ClN4O3Os-. The fraction of sp³-hybridized carbons (Fsp3) is 0. The number of nitro benzene ring substituents is 1. The van der Waals surface area contributed by atoms with Gasteiger partial charge in [0.15, 0.2) is 5.82 Å². The minimum absolute atomic E-state index is 0. The predicted molar refractivity (Wildman–Crippen MR) is 75.4 cm³/mol. The number of halogens is 1. The fourth-order valence-electron chi connectivity index (χ4n) is 1.21. The van der Waals surface area contributed by atoms with E-state index in [9.17, 15) is 15.2 Å². The van der Waals surface area contributed by atoms with Gasteiger partial charge in [-0.1, -0.05) is 0 Å². The number of rotatable bonds is 3. The zero-order valence-electron chi connectivity index (χ0n) is 10.8. The Bertz CT molecular complexity index is 608. The van der Waals surface area contributed by atoms with Crippen LogP contribution in [0.25, 0.3) is 0 Å². The third-order valence-corrected chi connectivity index (χ3v) is 2.06. The van der Waals surface area contributed by atoms with E-state index < -0.39 is 4.92 Å². The normalized spacial score (nSPS) is 9.43. The van der Waals surface area contributed by atoms with Crippen LogP contribution in [0, 0.1) is 17.5 Å². The summed E-state index contributed by atoms with van der Waals surface area (Å²) in [6.45, 7) is 0. The summed E-state index contributed by atoms with van der Waals surface area (Å²) in [5.74, 6) is 0.302. The van der Waals surface area contributed by atoms with E-state index in [2.05, 4.69) is 24.9 Å². The van der Waals surface area contributed by atoms with Crippen molar-refractivity contribution >= 4 is 26.8 Å². The number of aromatic hydroxyl groups is 1. The second-order valence-electron chi connectivity index (χ2n) is 3.35. The van der Waals surface area contributed by atoms with Gasteiger partial charge in [0.2, 0.25) is 0 Å². The first kappa shape index (κ1) is 19.1. The molecule has 2 aromatic rings. The molecule has 21 heavy (non-hydrogen) atoms. The molecule has 0 saturated heterocycles. The van der Waals surface area contributed by atoms with Crippen LogP contribution in [0.2, 0.25) is 0 Å². The Kier molecular flexibility index (Phi) is 9.02. The summed E-state index contributed by atoms with van der Waals surface area (Å²) in [6, 6.07) is 8.41. The van der Waals surface area contributed by atoms with Crippen molar-refractivity contribution in [1.29, 1.82) is 0 Å². The zero-order chi connectivity index (χ0) is 15.0. The second-order valence-corrected chi connectivity index (χ2v) is 3.35. The van der Waals surface area contributed by atoms with E-state index in [1.165, 1.54) is 60.2 Å². The maximum absolute atomic E-state index is 10.4. The molecule has 9 heteroatoms. The summed E-state index contributed by atoms with van der Waals surface area (Å²) < 4.78 is 0. The number of benzene rings is 1. The summed E-state index contributed by atoms with van der Waals surface area (Å²) in [4.78, 5) is 13.8. The van der Waals surface area contributed by atoms with Crippen LogP contribution in [0.5, 0.6) is 5.75 Å². The minimum atomic E-state index is -0.488. The summed E-state index contributed by atoms with van der Waals surface area (Å²) >= 11 is 1.33. The molecule has 0 aliphatic carbocycles. The molecule has 0 atom stereocenters. The predicted octanol–water partition coefficient (Wildman–Crippen LogP) is 4.25. The first-order chi connectivity index (χ1) is 9.65. The van der Waals surface area contributed by atoms with E-state index in [4.69, 9.17) is 0 Å². The summed E-state index contributed by atoms with van der Waals surface area (Å²) in [5.41, 5.74) is 0.454. The van der Waals surface area contributed by atoms with Crippen LogP contribution >= 0.6 is 9.64 Å². The third-order valence-electron chi connectivity index (χ3n) is 2.06. The zero-order valence-corrected chi connectivity index (χ0v) is 14.1. The van der Waals surface area contributed by atoms with Crippen molar-refractivity contribution in [2.24, 2.45) is 10.2 Å². The fourth-order valence-corrected chi connectivity index (χ4v) is 1.21. The molecule has 0 amide bonds. The average Bonchev–Trinajstić information content (AvgIpc) is 2.48.